The Balaban J connectivity index is 1.38. The monoisotopic (exact) mass is 395 g/mol. The van der Waals surface area contributed by atoms with E-state index in [0.29, 0.717) is 18.3 Å². The van der Waals surface area contributed by atoms with E-state index in [1.165, 1.54) is 38.1 Å². The van der Waals surface area contributed by atoms with E-state index in [-0.39, 0.29) is 5.50 Å². The van der Waals surface area contributed by atoms with E-state index in [1.54, 1.807) is 11.8 Å². The first-order valence-electron chi connectivity index (χ1n) is 9.58. The molecule has 0 amide bonds. The second-order valence-electron chi connectivity index (χ2n) is 7.03. The predicted octanol–water partition coefficient (Wildman–Crippen LogP) is 4.40. The zero-order valence-corrected chi connectivity index (χ0v) is 16.5. The lowest BCUT2D eigenvalue weighted by Gasteiger charge is -2.15. The van der Waals surface area contributed by atoms with Crippen molar-refractivity contribution < 1.29 is 4.74 Å². The average Bonchev–Trinajstić information content (AvgIpc) is 3.36. The summed E-state index contributed by atoms with van der Waals surface area (Å²) in [5.41, 5.74) is 9.44. The van der Waals surface area contributed by atoms with Crippen molar-refractivity contribution in [2.24, 2.45) is 5.73 Å². The van der Waals surface area contributed by atoms with E-state index in [0.717, 1.165) is 27.5 Å². The van der Waals surface area contributed by atoms with Gasteiger partial charge in [0.25, 0.3) is 0 Å². The molecule has 1 fully saturated rings. The molecule has 2 aromatic rings. The molecule has 4 rings (SSSR count). The normalized spacial score (nSPS) is 19.3. The summed E-state index contributed by atoms with van der Waals surface area (Å²) in [5, 5.41) is 14.4. The number of fused-ring (bicyclic) bond motifs is 1. The van der Waals surface area contributed by atoms with Crippen molar-refractivity contribution in [3.05, 3.63) is 53.9 Å². The van der Waals surface area contributed by atoms with Crippen molar-refractivity contribution in [2.75, 3.05) is 10.6 Å². The van der Waals surface area contributed by atoms with Crippen LogP contribution in [0.15, 0.2) is 47.6 Å². The number of ether oxygens (including phenoxy) is 1. The Hall–Kier alpha value is -2.51. The van der Waals surface area contributed by atoms with Gasteiger partial charge in [-0.1, -0.05) is 30.7 Å². The summed E-state index contributed by atoms with van der Waals surface area (Å²) in [6.07, 6.45) is 9.88. The third-order valence-corrected chi connectivity index (χ3v) is 6.14. The molecule has 0 radical (unpaired) electrons. The highest BCUT2D eigenvalue weighted by molar-refractivity contribution is 8.00. The third kappa shape index (κ3) is 4.31. The number of thioether (sulfide) groups is 1. The van der Waals surface area contributed by atoms with Gasteiger partial charge in [0.1, 0.15) is 5.82 Å². The van der Waals surface area contributed by atoms with Crippen LogP contribution in [0.4, 0.5) is 11.5 Å². The number of nitrogens with one attached hydrogen (secondary N) is 3. The molecule has 5 N–H and O–H groups in total. The summed E-state index contributed by atoms with van der Waals surface area (Å²) in [4.78, 5) is 5.56. The van der Waals surface area contributed by atoms with Gasteiger partial charge in [-0.2, -0.15) is 0 Å². The van der Waals surface area contributed by atoms with Crippen LogP contribution in [0.25, 0.3) is 5.57 Å². The second-order valence-corrected chi connectivity index (χ2v) is 8.18. The molecule has 1 aliphatic carbocycles. The third-order valence-electron chi connectivity index (χ3n) is 5.07. The van der Waals surface area contributed by atoms with Crippen LogP contribution in [0.3, 0.4) is 0 Å². The maximum Gasteiger partial charge on any atom is 0.151 e. The summed E-state index contributed by atoms with van der Waals surface area (Å²) in [5.74, 6) is 0.826. The van der Waals surface area contributed by atoms with Gasteiger partial charge in [0.05, 0.1) is 18.4 Å². The molecule has 28 heavy (non-hydrogen) atoms. The Morgan fingerprint density at radius 3 is 2.96 bits per heavy atom. The predicted molar refractivity (Wildman–Crippen MR) is 116 cm³/mol. The van der Waals surface area contributed by atoms with Crippen molar-refractivity contribution in [1.82, 2.24) is 4.98 Å². The molecular weight excluding hydrogens is 370 g/mol. The lowest BCUT2D eigenvalue weighted by atomic mass is 10.1. The Bertz CT molecular complexity index is 879. The van der Waals surface area contributed by atoms with E-state index < -0.39 is 0 Å². The van der Waals surface area contributed by atoms with Crippen LogP contribution in [-0.4, -0.2) is 22.8 Å². The maximum atomic E-state index is 7.46. The quantitative estimate of drug-likeness (QED) is 0.519. The molecule has 7 heteroatoms. The summed E-state index contributed by atoms with van der Waals surface area (Å²) in [7, 11) is 0. The minimum absolute atomic E-state index is 0.00552. The lowest BCUT2D eigenvalue weighted by molar-refractivity contribution is 0.0457. The molecule has 2 heterocycles. The van der Waals surface area contributed by atoms with Crippen molar-refractivity contribution in [3.8, 4) is 0 Å². The molecule has 1 aromatic heterocycles. The smallest absolute Gasteiger partial charge is 0.151 e. The van der Waals surface area contributed by atoms with Gasteiger partial charge in [-0.3, -0.25) is 0 Å². The molecule has 0 bridgehead atoms. The zero-order valence-electron chi connectivity index (χ0n) is 15.7. The van der Waals surface area contributed by atoms with Crippen LogP contribution in [0.2, 0.25) is 0 Å². The molecule has 0 spiro atoms. The molecule has 1 atom stereocenters. The summed E-state index contributed by atoms with van der Waals surface area (Å²) >= 11 is 1.69. The van der Waals surface area contributed by atoms with Crippen LogP contribution in [0, 0.1) is 5.41 Å². The molecule has 146 valence electrons. The molecular formula is C21H25N5OS. The van der Waals surface area contributed by atoms with Gasteiger partial charge < -0.3 is 26.5 Å². The Kier molecular flexibility index (Phi) is 5.83. The SMILES string of the molecule is N=C/C(=C\N)c1ccc2c(c1)SC(Nc1cc(COC3CCCC3)ccn1)N2. The number of nitrogens with two attached hydrogens (primary N) is 1. The summed E-state index contributed by atoms with van der Waals surface area (Å²) < 4.78 is 6.01. The van der Waals surface area contributed by atoms with E-state index in [2.05, 4.69) is 27.8 Å². The molecule has 6 nitrogen and oxygen atoms in total. The van der Waals surface area contributed by atoms with E-state index in [1.807, 2.05) is 24.4 Å². The van der Waals surface area contributed by atoms with Gasteiger partial charge in [-0.05, 0) is 48.2 Å². The molecule has 0 saturated heterocycles. The first-order chi connectivity index (χ1) is 13.7. The minimum atomic E-state index is -0.00552. The molecule has 1 aliphatic heterocycles. The van der Waals surface area contributed by atoms with Crippen LogP contribution in [0.5, 0.6) is 0 Å². The molecule has 1 saturated carbocycles. The molecule has 2 aliphatic rings. The Morgan fingerprint density at radius 1 is 1.32 bits per heavy atom. The van der Waals surface area contributed by atoms with Crippen LogP contribution in [-0.2, 0) is 11.3 Å². The number of allylic oxidation sites excluding steroid dienone is 1. The van der Waals surface area contributed by atoms with E-state index >= 15 is 0 Å². The fourth-order valence-corrected chi connectivity index (χ4v) is 4.62. The highest BCUT2D eigenvalue weighted by Gasteiger charge is 2.22. The fraction of sp³-hybridized carbons (Fsp3) is 0.333. The standard InChI is InChI=1S/C21H25N5OS/c22-11-16(12-23)15-5-6-18-19(10-15)28-21(25-18)26-20-9-14(7-8-24-20)13-27-17-3-1-2-4-17/h5-12,17,21-22,25H,1-4,13,23H2,(H,24,26)/b16-12+,22-11?. The molecule has 1 unspecified atom stereocenters. The number of aromatic nitrogens is 1. The first kappa shape index (κ1) is 18.8. The highest BCUT2D eigenvalue weighted by atomic mass is 32.2. The first-order valence-corrected chi connectivity index (χ1v) is 10.5. The van der Waals surface area contributed by atoms with Gasteiger partial charge in [0, 0.05) is 29.1 Å². The van der Waals surface area contributed by atoms with Crippen LogP contribution >= 0.6 is 11.8 Å². The second kappa shape index (κ2) is 8.67. The maximum absolute atomic E-state index is 7.46. The zero-order chi connectivity index (χ0) is 19.3. The van der Waals surface area contributed by atoms with Crippen molar-refractivity contribution >= 4 is 35.1 Å². The summed E-state index contributed by atoms with van der Waals surface area (Å²) in [6.45, 7) is 0.633. The van der Waals surface area contributed by atoms with E-state index in [4.69, 9.17) is 15.9 Å². The fourth-order valence-electron chi connectivity index (χ4n) is 3.56. The van der Waals surface area contributed by atoms with Crippen molar-refractivity contribution in [3.63, 3.8) is 0 Å². The number of anilines is 2. The van der Waals surface area contributed by atoms with Gasteiger partial charge in [0.15, 0.2) is 5.50 Å². The van der Waals surface area contributed by atoms with Crippen LogP contribution < -0.4 is 16.4 Å². The number of hydrogen-bond acceptors (Lipinski definition) is 7. The number of benzene rings is 1. The minimum Gasteiger partial charge on any atom is -0.404 e. The van der Waals surface area contributed by atoms with Crippen molar-refractivity contribution in [1.29, 1.82) is 5.41 Å². The lowest BCUT2D eigenvalue weighted by Crippen LogP contribution is -2.21. The number of hydrogen-bond donors (Lipinski definition) is 4. The topological polar surface area (TPSA) is 96.1 Å². The highest BCUT2D eigenvalue weighted by Crippen LogP contribution is 2.39. The van der Waals surface area contributed by atoms with E-state index in [9.17, 15) is 0 Å². The van der Waals surface area contributed by atoms with Gasteiger partial charge in [-0.15, -0.1) is 0 Å². The van der Waals surface area contributed by atoms with Gasteiger partial charge in [0.2, 0.25) is 0 Å². The Morgan fingerprint density at radius 2 is 2.18 bits per heavy atom. The van der Waals surface area contributed by atoms with Gasteiger partial charge in [-0.25, -0.2) is 4.98 Å². The van der Waals surface area contributed by atoms with Gasteiger partial charge >= 0.3 is 0 Å². The number of rotatable bonds is 7. The number of pyridine rings is 1. The molecule has 1 aromatic carbocycles. The van der Waals surface area contributed by atoms with Crippen LogP contribution in [0.1, 0.15) is 36.8 Å². The summed E-state index contributed by atoms with van der Waals surface area (Å²) in [6, 6.07) is 10.1. The largest absolute Gasteiger partial charge is 0.404 e. The Labute approximate surface area is 169 Å². The average molecular weight is 396 g/mol. The van der Waals surface area contributed by atoms with Crippen molar-refractivity contribution in [2.45, 2.75) is 48.8 Å². The number of nitrogens with zero attached hydrogens (tertiary/aromatic N) is 1.